The monoisotopic (exact) mass is 124 g/mol. The van der Waals surface area contributed by atoms with E-state index >= 15 is 0 Å². The van der Waals surface area contributed by atoms with Crippen LogP contribution in [-0.4, -0.2) is 31.2 Å². The van der Waals surface area contributed by atoms with Crippen molar-refractivity contribution in [2.75, 3.05) is 0 Å². The van der Waals surface area contributed by atoms with Crippen molar-refractivity contribution in [1.29, 1.82) is 0 Å². The van der Waals surface area contributed by atoms with Gasteiger partial charge in [-0.25, -0.2) is 4.68 Å². The Morgan fingerprint density at radius 3 is 3.00 bits per heavy atom. The zero-order chi connectivity index (χ0) is 6.69. The molecule has 6 nitrogen and oxygen atoms in total. The summed E-state index contributed by atoms with van der Waals surface area (Å²) in [6.07, 6.45) is 1.15. The topological polar surface area (TPSA) is 80.0 Å². The van der Waals surface area contributed by atoms with E-state index in [1.165, 1.54) is 4.68 Å². The van der Waals surface area contributed by atoms with Crippen LogP contribution in [0.5, 0.6) is 0 Å². The summed E-state index contributed by atoms with van der Waals surface area (Å²) in [6, 6.07) is 0. The quantitative estimate of drug-likeness (QED) is 0.269. The third kappa shape index (κ3) is 0.974. The number of hydrogen-bond acceptors (Lipinski definition) is 3. The van der Waals surface area contributed by atoms with Crippen LogP contribution in [0.25, 0.3) is 5.53 Å². The molecule has 46 valence electrons. The number of nitrogens with zero attached hydrogens (tertiary/aromatic N) is 6. The van der Waals surface area contributed by atoms with E-state index in [9.17, 15) is 0 Å². The van der Waals surface area contributed by atoms with Crippen molar-refractivity contribution in [1.82, 2.24) is 20.2 Å². The third-order valence-electron chi connectivity index (χ3n) is 0.826. The van der Waals surface area contributed by atoms with Crippen molar-refractivity contribution in [2.45, 2.75) is 0 Å². The third-order valence-corrected chi connectivity index (χ3v) is 0.826. The Balaban J connectivity index is 3.07. The van der Waals surface area contributed by atoms with E-state index < -0.39 is 0 Å². The Morgan fingerprint density at radius 1 is 1.78 bits per heavy atom. The molecule has 0 bridgehead atoms. The minimum Gasteiger partial charge on any atom is -0.361 e. The summed E-state index contributed by atoms with van der Waals surface area (Å²) in [5, 5.41) is 10.3. The largest absolute Gasteiger partial charge is 0.361 e. The van der Waals surface area contributed by atoms with Gasteiger partial charge in [0.25, 0.3) is 5.82 Å². The van der Waals surface area contributed by atoms with Crippen molar-refractivity contribution in [3.63, 3.8) is 0 Å². The van der Waals surface area contributed by atoms with Gasteiger partial charge in [-0.2, -0.15) is 4.79 Å². The van der Waals surface area contributed by atoms with Gasteiger partial charge < -0.3 is 5.53 Å². The molecule has 0 saturated heterocycles. The van der Waals surface area contributed by atoms with Crippen molar-refractivity contribution >= 4 is 6.21 Å². The molecule has 0 unspecified atom stereocenters. The average molecular weight is 124 g/mol. The van der Waals surface area contributed by atoms with E-state index in [1.807, 2.05) is 0 Å². The van der Waals surface area contributed by atoms with Crippen LogP contribution in [0.1, 0.15) is 5.82 Å². The maximum atomic E-state index is 8.02. The Labute approximate surface area is 50.7 Å². The minimum atomic E-state index is 0.414. The lowest BCUT2D eigenvalue weighted by molar-refractivity contribution is 0.00370. The first-order chi connectivity index (χ1) is 4.34. The molecule has 0 N–H and O–H groups in total. The van der Waals surface area contributed by atoms with E-state index in [-0.39, 0.29) is 0 Å². The van der Waals surface area contributed by atoms with E-state index in [0.717, 1.165) is 6.21 Å². The molecular formula is C3H4N6. The lowest BCUT2D eigenvalue weighted by Gasteiger charge is -1.79. The van der Waals surface area contributed by atoms with E-state index in [0.29, 0.717) is 5.82 Å². The van der Waals surface area contributed by atoms with Crippen LogP contribution >= 0.6 is 0 Å². The Kier molecular flexibility index (Phi) is 1.33. The fraction of sp³-hybridized carbons (Fsp3) is 0.333. The molecule has 0 aliphatic carbocycles. The summed E-state index contributed by atoms with van der Waals surface area (Å²) in [5.41, 5.74) is 8.02. The predicted molar refractivity (Wildman–Crippen MR) is 27.6 cm³/mol. The fourth-order valence-corrected chi connectivity index (χ4v) is 0.397. The summed E-state index contributed by atoms with van der Waals surface area (Å²) in [4.78, 5) is 2.75. The molecule has 0 radical (unpaired) electrons. The first kappa shape index (κ1) is 5.58. The summed E-state index contributed by atoms with van der Waals surface area (Å²) in [5.74, 6) is 0.414. The number of aromatic nitrogens is 4. The first-order valence-corrected chi connectivity index (χ1v) is 2.24. The van der Waals surface area contributed by atoms with Crippen LogP contribution in [0, 0.1) is 0 Å². The highest BCUT2D eigenvalue weighted by molar-refractivity contribution is 5.68. The highest BCUT2D eigenvalue weighted by Gasteiger charge is 1.99. The lowest BCUT2D eigenvalue weighted by atomic mass is 10.7. The molecule has 0 aliphatic rings. The number of hydrogen-bond donors (Lipinski definition) is 0. The van der Waals surface area contributed by atoms with Gasteiger partial charge in [0, 0.05) is 7.05 Å². The van der Waals surface area contributed by atoms with Gasteiger partial charge in [0.1, 0.15) is 0 Å². The normalized spacial score (nSPS) is 8.56. The Hall–Kier alpha value is -1.55. The van der Waals surface area contributed by atoms with E-state index in [1.54, 1.807) is 7.05 Å². The second-order valence-corrected chi connectivity index (χ2v) is 1.41. The first-order valence-electron chi connectivity index (χ1n) is 2.24. The van der Waals surface area contributed by atoms with Crippen LogP contribution in [0.2, 0.25) is 0 Å². The summed E-state index contributed by atoms with van der Waals surface area (Å²) in [6.45, 7) is 0. The van der Waals surface area contributed by atoms with Crippen LogP contribution in [0.4, 0.5) is 0 Å². The Bertz CT molecular complexity index is 243. The van der Waals surface area contributed by atoms with Crippen LogP contribution in [0.3, 0.4) is 0 Å². The molecule has 1 heterocycles. The molecule has 0 amide bonds. The van der Waals surface area contributed by atoms with Gasteiger partial charge >= 0.3 is 6.21 Å². The molecule has 1 rings (SSSR count). The highest BCUT2D eigenvalue weighted by Crippen LogP contribution is 1.77. The smallest absolute Gasteiger partial charge is 0.326 e. The molecule has 6 heteroatoms. The SMILES string of the molecule is Cn1nnnc1C=[N+]=[N-]. The summed E-state index contributed by atoms with van der Waals surface area (Å²) < 4.78 is 1.39. The van der Waals surface area contributed by atoms with Crippen LogP contribution in [-0.2, 0) is 7.05 Å². The van der Waals surface area contributed by atoms with Gasteiger partial charge in [0.2, 0.25) is 0 Å². The maximum Gasteiger partial charge on any atom is 0.326 e. The van der Waals surface area contributed by atoms with Gasteiger partial charge in [-0.3, -0.25) is 0 Å². The molecule has 0 fully saturated rings. The molecule has 1 aromatic rings. The average Bonchev–Trinajstić information content (AvgIpc) is 2.18. The molecule has 0 saturated carbocycles. The standard InChI is InChI=1S/C3H4N6/c1-9-3(2-5-4)6-7-8-9/h2H,1H3. The molecule has 0 spiro atoms. The predicted octanol–water partition coefficient (Wildman–Crippen LogP) is -1.14. The zero-order valence-corrected chi connectivity index (χ0v) is 4.76. The van der Waals surface area contributed by atoms with Gasteiger partial charge in [-0.05, 0) is 10.4 Å². The van der Waals surface area contributed by atoms with Crippen molar-refractivity contribution in [3.8, 4) is 0 Å². The van der Waals surface area contributed by atoms with Crippen molar-refractivity contribution in [3.05, 3.63) is 11.4 Å². The van der Waals surface area contributed by atoms with Gasteiger partial charge in [0.15, 0.2) is 0 Å². The van der Waals surface area contributed by atoms with E-state index in [2.05, 4.69) is 20.3 Å². The Morgan fingerprint density at radius 2 is 2.56 bits per heavy atom. The van der Waals surface area contributed by atoms with Crippen LogP contribution in [0.15, 0.2) is 0 Å². The molecule has 1 aromatic heterocycles. The molecule has 0 atom stereocenters. The summed E-state index contributed by atoms with van der Waals surface area (Å²) in [7, 11) is 1.65. The molecule has 0 aliphatic heterocycles. The molecule has 0 aromatic carbocycles. The number of aryl methyl sites for hydroxylation is 1. The van der Waals surface area contributed by atoms with E-state index in [4.69, 9.17) is 5.53 Å². The second-order valence-electron chi connectivity index (χ2n) is 1.41. The lowest BCUT2D eigenvalue weighted by Crippen LogP contribution is -1.97. The zero-order valence-electron chi connectivity index (χ0n) is 4.76. The van der Waals surface area contributed by atoms with Gasteiger partial charge in [0.05, 0.1) is 0 Å². The second kappa shape index (κ2) is 2.15. The van der Waals surface area contributed by atoms with Crippen LogP contribution < -0.4 is 0 Å². The van der Waals surface area contributed by atoms with Crippen molar-refractivity contribution in [2.24, 2.45) is 7.05 Å². The summed E-state index contributed by atoms with van der Waals surface area (Å²) >= 11 is 0. The number of tetrazole rings is 1. The van der Waals surface area contributed by atoms with Gasteiger partial charge in [-0.1, -0.05) is 0 Å². The maximum absolute atomic E-state index is 8.02. The molecule has 9 heavy (non-hydrogen) atoms. The van der Waals surface area contributed by atoms with Gasteiger partial charge in [-0.15, -0.1) is 5.10 Å². The molecular weight excluding hydrogens is 120 g/mol. The number of rotatable bonds is 1. The van der Waals surface area contributed by atoms with Crippen molar-refractivity contribution < 1.29 is 4.79 Å². The minimum absolute atomic E-state index is 0.414. The highest BCUT2D eigenvalue weighted by atomic mass is 15.5. The fourth-order valence-electron chi connectivity index (χ4n) is 0.397.